The van der Waals surface area contributed by atoms with Crippen molar-refractivity contribution < 1.29 is 9.90 Å². The molecule has 2 N–H and O–H groups in total. The molecular weight excluding hydrogens is 228 g/mol. The van der Waals surface area contributed by atoms with Gasteiger partial charge in [-0.3, -0.25) is 4.79 Å². The highest BCUT2D eigenvalue weighted by Crippen LogP contribution is 2.36. The van der Waals surface area contributed by atoms with Crippen LogP contribution in [0, 0.1) is 5.92 Å². The Morgan fingerprint density at radius 1 is 1.19 bits per heavy atom. The average Bonchev–Trinajstić information content (AvgIpc) is 2.36. The van der Waals surface area contributed by atoms with Gasteiger partial charge < -0.3 is 15.3 Å². The monoisotopic (exact) mass is 246 g/mol. The summed E-state index contributed by atoms with van der Waals surface area (Å²) in [5.41, 5.74) is 0. The first-order valence-corrected chi connectivity index (χ1v) is 5.96. The molecule has 92 valence electrons. The van der Waals surface area contributed by atoms with Gasteiger partial charge >= 0.3 is 0 Å². The summed E-state index contributed by atoms with van der Waals surface area (Å²) >= 11 is 0. The normalized spacial score (nSPS) is 37.8. The van der Waals surface area contributed by atoms with E-state index < -0.39 is 0 Å². The zero-order valence-corrected chi connectivity index (χ0v) is 10.1. The Labute approximate surface area is 102 Å². The predicted molar refractivity (Wildman–Crippen MR) is 62.5 cm³/mol. The second-order valence-electron chi connectivity index (χ2n) is 5.11. The second kappa shape index (κ2) is 4.51. The molecule has 3 fully saturated rings. The van der Waals surface area contributed by atoms with E-state index in [1.165, 1.54) is 0 Å². The molecular formula is C11H19ClN2O2. The van der Waals surface area contributed by atoms with Gasteiger partial charge in [0.15, 0.2) is 0 Å². The number of amides is 1. The number of fused-ring (bicyclic) bond motifs is 2. The van der Waals surface area contributed by atoms with E-state index in [1.54, 1.807) is 0 Å². The van der Waals surface area contributed by atoms with Gasteiger partial charge in [-0.1, -0.05) is 0 Å². The molecule has 3 saturated heterocycles. The van der Waals surface area contributed by atoms with Crippen LogP contribution in [0.2, 0.25) is 0 Å². The summed E-state index contributed by atoms with van der Waals surface area (Å²) in [7, 11) is 0. The van der Waals surface area contributed by atoms with Crippen molar-refractivity contribution in [2.75, 3.05) is 13.1 Å². The average molecular weight is 247 g/mol. The van der Waals surface area contributed by atoms with Crippen LogP contribution in [-0.2, 0) is 4.79 Å². The fraction of sp³-hybridized carbons (Fsp3) is 0.909. The summed E-state index contributed by atoms with van der Waals surface area (Å²) in [5.74, 6) is 0.538. The van der Waals surface area contributed by atoms with E-state index in [-0.39, 0.29) is 24.4 Å². The third-order valence-corrected chi connectivity index (χ3v) is 4.09. The lowest BCUT2D eigenvalue weighted by atomic mass is 9.95. The van der Waals surface area contributed by atoms with Gasteiger partial charge in [0.05, 0.1) is 12.0 Å². The largest absolute Gasteiger partial charge is 0.393 e. The minimum Gasteiger partial charge on any atom is -0.393 e. The van der Waals surface area contributed by atoms with Crippen LogP contribution >= 0.6 is 12.4 Å². The number of aliphatic hydroxyl groups excluding tert-OH is 1. The molecule has 2 bridgehead atoms. The SMILES string of the molecule is Cl.O=C(C1CNC1)N1C2CCC1CC(O)C2. The molecule has 3 rings (SSSR count). The first-order chi connectivity index (χ1) is 7.25. The van der Waals surface area contributed by atoms with Crippen molar-refractivity contribution in [3.8, 4) is 0 Å². The van der Waals surface area contributed by atoms with Crippen molar-refractivity contribution in [3.05, 3.63) is 0 Å². The number of halogens is 1. The van der Waals surface area contributed by atoms with Crippen LogP contribution in [-0.4, -0.2) is 47.2 Å². The number of piperidine rings is 1. The lowest BCUT2D eigenvalue weighted by Crippen LogP contribution is -2.57. The Hall–Kier alpha value is -0.320. The Balaban J connectivity index is 0.000000963. The zero-order chi connectivity index (χ0) is 10.4. The van der Waals surface area contributed by atoms with E-state index >= 15 is 0 Å². The first kappa shape index (κ1) is 12.1. The smallest absolute Gasteiger partial charge is 0.228 e. The van der Waals surface area contributed by atoms with Crippen LogP contribution in [0.25, 0.3) is 0 Å². The van der Waals surface area contributed by atoms with E-state index in [2.05, 4.69) is 10.2 Å². The number of hydrogen-bond acceptors (Lipinski definition) is 3. The molecule has 2 atom stereocenters. The zero-order valence-electron chi connectivity index (χ0n) is 9.26. The van der Waals surface area contributed by atoms with E-state index in [9.17, 15) is 9.90 Å². The third kappa shape index (κ3) is 1.83. The molecule has 0 aromatic carbocycles. The Morgan fingerprint density at radius 3 is 2.19 bits per heavy atom. The molecule has 3 aliphatic heterocycles. The maximum absolute atomic E-state index is 12.2. The van der Waals surface area contributed by atoms with Gasteiger partial charge in [-0.2, -0.15) is 0 Å². The molecule has 0 aromatic rings. The van der Waals surface area contributed by atoms with Crippen molar-refractivity contribution in [2.45, 2.75) is 43.9 Å². The van der Waals surface area contributed by atoms with Crippen LogP contribution < -0.4 is 5.32 Å². The van der Waals surface area contributed by atoms with Crippen molar-refractivity contribution >= 4 is 18.3 Å². The number of aliphatic hydroxyl groups is 1. The quantitative estimate of drug-likeness (QED) is 0.692. The number of hydrogen-bond donors (Lipinski definition) is 2. The molecule has 0 aromatic heterocycles. The predicted octanol–water partition coefficient (Wildman–Crippen LogP) is 0.142. The van der Waals surface area contributed by atoms with Crippen LogP contribution in [0.15, 0.2) is 0 Å². The topological polar surface area (TPSA) is 52.6 Å². The molecule has 2 unspecified atom stereocenters. The standard InChI is InChI=1S/C11H18N2O2.ClH/c14-10-3-8-1-2-9(4-10)13(8)11(15)7-5-12-6-7;/h7-10,12,14H,1-6H2;1H. The number of nitrogens with zero attached hydrogens (tertiary/aromatic N) is 1. The van der Waals surface area contributed by atoms with E-state index in [0.29, 0.717) is 18.0 Å². The molecule has 5 heteroatoms. The summed E-state index contributed by atoms with van der Waals surface area (Å²) in [6.07, 6.45) is 3.59. The minimum absolute atomic E-state index is 0. The molecule has 4 nitrogen and oxygen atoms in total. The van der Waals surface area contributed by atoms with Crippen LogP contribution in [0.3, 0.4) is 0 Å². The fourth-order valence-electron chi connectivity index (χ4n) is 3.18. The van der Waals surface area contributed by atoms with Gasteiger partial charge in [0.1, 0.15) is 0 Å². The highest BCUT2D eigenvalue weighted by atomic mass is 35.5. The van der Waals surface area contributed by atoms with Crippen LogP contribution in [0.1, 0.15) is 25.7 Å². The lowest BCUT2D eigenvalue weighted by Gasteiger charge is -2.41. The number of carbonyl (C=O) groups excluding carboxylic acids is 1. The number of nitrogens with one attached hydrogen (secondary N) is 1. The lowest BCUT2D eigenvalue weighted by molar-refractivity contribution is -0.143. The van der Waals surface area contributed by atoms with E-state index in [4.69, 9.17) is 0 Å². The highest BCUT2D eigenvalue weighted by molar-refractivity contribution is 5.85. The van der Waals surface area contributed by atoms with Crippen molar-refractivity contribution in [1.82, 2.24) is 10.2 Å². The van der Waals surface area contributed by atoms with Gasteiger partial charge in [0, 0.05) is 25.2 Å². The van der Waals surface area contributed by atoms with E-state index in [1.807, 2.05) is 0 Å². The molecule has 3 aliphatic rings. The van der Waals surface area contributed by atoms with Crippen molar-refractivity contribution in [1.29, 1.82) is 0 Å². The summed E-state index contributed by atoms with van der Waals surface area (Å²) in [5, 5.41) is 12.8. The Kier molecular flexibility index (Phi) is 3.42. The molecule has 1 amide bonds. The van der Waals surface area contributed by atoms with Crippen LogP contribution in [0.4, 0.5) is 0 Å². The van der Waals surface area contributed by atoms with Crippen molar-refractivity contribution in [2.24, 2.45) is 5.92 Å². The van der Waals surface area contributed by atoms with Gasteiger partial charge in [0.2, 0.25) is 5.91 Å². The molecule has 0 saturated carbocycles. The van der Waals surface area contributed by atoms with E-state index in [0.717, 1.165) is 38.8 Å². The number of carbonyl (C=O) groups is 1. The Bertz CT molecular complexity index is 269. The van der Waals surface area contributed by atoms with Crippen LogP contribution in [0.5, 0.6) is 0 Å². The van der Waals surface area contributed by atoms with Gasteiger partial charge in [0.25, 0.3) is 0 Å². The van der Waals surface area contributed by atoms with Crippen molar-refractivity contribution in [3.63, 3.8) is 0 Å². The second-order valence-corrected chi connectivity index (χ2v) is 5.11. The number of rotatable bonds is 1. The molecule has 0 spiro atoms. The van der Waals surface area contributed by atoms with Gasteiger partial charge in [-0.05, 0) is 25.7 Å². The first-order valence-electron chi connectivity index (χ1n) is 5.96. The molecule has 0 radical (unpaired) electrons. The Morgan fingerprint density at radius 2 is 1.75 bits per heavy atom. The summed E-state index contributed by atoms with van der Waals surface area (Å²) < 4.78 is 0. The van der Waals surface area contributed by atoms with Gasteiger partial charge in [-0.25, -0.2) is 0 Å². The maximum Gasteiger partial charge on any atom is 0.228 e. The summed E-state index contributed by atoms with van der Waals surface area (Å²) in [4.78, 5) is 14.2. The third-order valence-electron chi connectivity index (χ3n) is 4.09. The molecule has 3 heterocycles. The molecule has 0 aliphatic carbocycles. The fourth-order valence-corrected chi connectivity index (χ4v) is 3.18. The summed E-state index contributed by atoms with van der Waals surface area (Å²) in [6.45, 7) is 1.69. The minimum atomic E-state index is -0.175. The molecule has 16 heavy (non-hydrogen) atoms. The van der Waals surface area contributed by atoms with Gasteiger partial charge in [-0.15, -0.1) is 12.4 Å². The maximum atomic E-state index is 12.2. The summed E-state index contributed by atoms with van der Waals surface area (Å²) in [6, 6.07) is 0.652. The highest BCUT2D eigenvalue weighted by Gasteiger charge is 2.45.